The third-order valence-electron chi connectivity index (χ3n) is 4.42. The van der Waals surface area contributed by atoms with Gasteiger partial charge in [0.25, 0.3) is 0 Å². The third-order valence-corrected chi connectivity index (χ3v) is 4.42. The molecule has 2 nitrogen and oxygen atoms in total. The van der Waals surface area contributed by atoms with Crippen LogP contribution in [0.15, 0.2) is 18.2 Å². The van der Waals surface area contributed by atoms with Gasteiger partial charge in [-0.2, -0.15) is 0 Å². The maximum Gasteiger partial charge on any atom is 0.163 e. The van der Waals surface area contributed by atoms with E-state index in [2.05, 4.69) is 12.3 Å². The van der Waals surface area contributed by atoms with Crippen LogP contribution in [0.1, 0.15) is 50.6 Å². The van der Waals surface area contributed by atoms with Crippen LogP contribution in [0.4, 0.5) is 8.78 Å². The molecule has 3 atom stereocenters. The van der Waals surface area contributed by atoms with Gasteiger partial charge in [-0.25, -0.2) is 8.78 Å². The van der Waals surface area contributed by atoms with Gasteiger partial charge in [-0.15, -0.1) is 0 Å². The molecule has 1 aromatic rings. The second-order valence-electron chi connectivity index (χ2n) is 5.40. The van der Waals surface area contributed by atoms with Crippen molar-refractivity contribution < 1.29 is 8.78 Å². The minimum atomic E-state index is -0.804. The number of halogens is 2. The average Bonchev–Trinajstić information content (AvgIpc) is 2.45. The van der Waals surface area contributed by atoms with Crippen LogP contribution in [-0.2, 0) is 0 Å². The number of hydrazine groups is 1. The van der Waals surface area contributed by atoms with E-state index in [1.807, 2.05) is 0 Å². The summed E-state index contributed by atoms with van der Waals surface area (Å²) in [5.41, 5.74) is 3.07. The van der Waals surface area contributed by atoms with Crippen molar-refractivity contribution in [2.24, 2.45) is 17.7 Å². The predicted octanol–water partition coefficient (Wildman–Crippen LogP) is 3.69. The van der Waals surface area contributed by atoms with Crippen molar-refractivity contribution in [1.82, 2.24) is 5.43 Å². The Labute approximate surface area is 113 Å². The van der Waals surface area contributed by atoms with Crippen molar-refractivity contribution >= 4 is 0 Å². The summed E-state index contributed by atoms with van der Waals surface area (Å²) in [6.45, 7) is 2.15. The molecule has 0 amide bonds. The molecule has 1 saturated carbocycles. The molecule has 3 unspecified atom stereocenters. The second-order valence-corrected chi connectivity index (χ2v) is 5.40. The molecule has 1 aliphatic rings. The van der Waals surface area contributed by atoms with Gasteiger partial charge in [0.15, 0.2) is 11.6 Å². The zero-order chi connectivity index (χ0) is 13.8. The van der Waals surface area contributed by atoms with Gasteiger partial charge in [-0.1, -0.05) is 44.7 Å². The van der Waals surface area contributed by atoms with Crippen LogP contribution >= 0.6 is 0 Å². The minimum absolute atomic E-state index is 0.278. The van der Waals surface area contributed by atoms with Gasteiger partial charge >= 0.3 is 0 Å². The molecule has 4 heteroatoms. The van der Waals surface area contributed by atoms with Crippen LogP contribution in [0.25, 0.3) is 0 Å². The lowest BCUT2D eigenvalue weighted by molar-refractivity contribution is 0.173. The first-order valence-corrected chi connectivity index (χ1v) is 7.09. The SMILES string of the molecule is CCC1CCCCC1C(NN)c1cccc(F)c1F. The quantitative estimate of drug-likeness (QED) is 0.645. The lowest BCUT2D eigenvalue weighted by Crippen LogP contribution is -2.38. The molecular weight excluding hydrogens is 246 g/mol. The standard InChI is InChI=1S/C15H22F2N2/c1-2-10-6-3-4-7-11(10)15(19-18)12-8-5-9-13(16)14(12)17/h5,8-11,15,19H,2-4,6-7,18H2,1H3. The van der Waals surface area contributed by atoms with Crippen LogP contribution < -0.4 is 11.3 Å². The highest BCUT2D eigenvalue weighted by molar-refractivity contribution is 5.23. The van der Waals surface area contributed by atoms with E-state index in [1.165, 1.54) is 6.42 Å². The summed E-state index contributed by atoms with van der Waals surface area (Å²) in [5, 5.41) is 0. The van der Waals surface area contributed by atoms with E-state index in [4.69, 9.17) is 5.84 Å². The largest absolute Gasteiger partial charge is 0.271 e. The van der Waals surface area contributed by atoms with Crippen molar-refractivity contribution in [3.8, 4) is 0 Å². The Hall–Kier alpha value is -1.00. The Morgan fingerprint density at radius 2 is 2.05 bits per heavy atom. The summed E-state index contributed by atoms with van der Waals surface area (Å²) >= 11 is 0. The fourth-order valence-corrected chi connectivity index (χ4v) is 3.39. The van der Waals surface area contributed by atoms with Crippen molar-refractivity contribution in [3.05, 3.63) is 35.4 Å². The predicted molar refractivity (Wildman–Crippen MR) is 72.2 cm³/mol. The Morgan fingerprint density at radius 3 is 2.74 bits per heavy atom. The topological polar surface area (TPSA) is 38.0 Å². The van der Waals surface area contributed by atoms with E-state index in [9.17, 15) is 8.78 Å². The number of benzene rings is 1. The summed E-state index contributed by atoms with van der Waals surface area (Å²) < 4.78 is 27.3. The lowest BCUT2D eigenvalue weighted by atomic mass is 9.72. The van der Waals surface area contributed by atoms with Gasteiger partial charge < -0.3 is 0 Å². The molecule has 106 valence electrons. The van der Waals surface area contributed by atoms with E-state index in [-0.39, 0.29) is 12.0 Å². The third kappa shape index (κ3) is 2.95. The van der Waals surface area contributed by atoms with E-state index in [0.717, 1.165) is 31.7 Å². The zero-order valence-electron chi connectivity index (χ0n) is 11.3. The van der Waals surface area contributed by atoms with Gasteiger partial charge in [-0.05, 0) is 24.3 Å². The van der Waals surface area contributed by atoms with Gasteiger partial charge in [0, 0.05) is 5.56 Å². The molecule has 1 aliphatic carbocycles. The summed E-state index contributed by atoms with van der Waals surface area (Å²) in [5.74, 6) is 4.86. The monoisotopic (exact) mass is 268 g/mol. The molecule has 0 aliphatic heterocycles. The molecule has 0 heterocycles. The molecule has 1 fully saturated rings. The highest BCUT2D eigenvalue weighted by atomic mass is 19.2. The van der Waals surface area contributed by atoms with Crippen molar-refractivity contribution in [2.45, 2.75) is 45.1 Å². The molecule has 19 heavy (non-hydrogen) atoms. The number of hydrogen-bond acceptors (Lipinski definition) is 2. The Morgan fingerprint density at radius 1 is 1.32 bits per heavy atom. The molecule has 0 radical (unpaired) electrons. The summed E-state index contributed by atoms with van der Waals surface area (Å²) in [7, 11) is 0. The Kier molecular flexibility index (Phi) is 4.88. The number of hydrogen-bond donors (Lipinski definition) is 2. The van der Waals surface area contributed by atoms with E-state index >= 15 is 0 Å². The molecule has 3 N–H and O–H groups in total. The molecule has 0 bridgehead atoms. The van der Waals surface area contributed by atoms with E-state index in [1.54, 1.807) is 12.1 Å². The first-order valence-electron chi connectivity index (χ1n) is 7.09. The number of nitrogens with two attached hydrogens (primary N) is 1. The van der Waals surface area contributed by atoms with Gasteiger partial charge in [0.2, 0.25) is 0 Å². The van der Waals surface area contributed by atoms with Gasteiger partial charge in [-0.3, -0.25) is 11.3 Å². The molecule has 0 aromatic heterocycles. The highest BCUT2D eigenvalue weighted by Gasteiger charge is 2.32. The van der Waals surface area contributed by atoms with E-state index < -0.39 is 11.6 Å². The first-order chi connectivity index (χ1) is 9.19. The maximum absolute atomic E-state index is 14.0. The van der Waals surface area contributed by atoms with Crippen LogP contribution in [0.3, 0.4) is 0 Å². The first kappa shape index (κ1) is 14.4. The number of nitrogens with one attached hydrogen (secondary N) is 1. The van der Waals surface area contributed by atoms with Crippen LogP contribution in [-0.4, -0.2) is 0 Å². The summed E-state index contributed by atoms with van der Waals surface area (Å²) in [4.78, 5) is 0. The molecule has 2 rings (SSSR count). The Bertz CT molecular complexity index is 423. The molecule has 1 aromatic carbocycles. The second kappa shape index (κ2) is 6.44. The molecule has 0 saturated heterocycles. The van der Waals surface area contributed by atoms with Crippen LogP contribution in [0.5, 0.6) is 0 Å². The van der Waals surface area contributed by atoms with Gasteiger partial charge in [0.05, 0.1) is 6.04 Å². The van der Waals surface area contributed by atoms with E-state index in [0.29, 0.717) is 11.5 Å². The van der Waals surface area contributed by atoms with Gasteiger partial charge in [0.1, 0.15) is 0 Å². The summed E-state index contributed by atoms with van der Waals surface area (Å²) in [6.07, 6.45) is 5.58. The van der Waals surface area contributed by atoms with Crippen molar-refractivity contribution in [1.29, 1.82) is 0 Å². The highest BCUT2D eigenvalue weighted by Crippen LogP contribution is 2.40. The Balaban J connectivity index is 2.30. The maximum atomic E-state index is 14.0. The lowest BCUT2D eigenvalue weighted by Gasteiger charge is -2.36. The molecular formula is C15H22F2N2. The fraction of sp³-hybridized carbons (Fsp3) is 0.600. The smallest absolute Gasteiger partial charge is 0.163 e. The normalized spacial score (nSPS) is 25.3. The van der Waals surface area contributed by atoms with Crippen LogP contribution in [0.2, 0.25) is 0 Å². The average molecular weight is 268 g/mol. The minimum Gasteiger partial charge on any atom is -0.271 e. The van der Waals surface area contributed by atoms with Crippen molar-refractivity contribution in [3.63, 3.8) is 0 Å². The van der Waals surface area contributed by atoms with Crippen LogP contribution in [0, 0.1) is 23.5 Å². The zero-order valence-corrected chi connectivity index (χ0v) is 11.3. The fourth-order valence-electron chi connectivity index (χ4n) is 3.39. The van der Waals surface area contributed by atoms with Crippen molar-refractivity contribution in [2.75, 3.05) is 0 Å². The number of rotatable bonds is 4. The molecule has 0 spiro atoms. The summed E-state index contributed by atoms with van der Waals surface area (Å²) in [6, 6.07) is 4.01.